The molecule has 0 radical (unpaired) electrons. The summed E-state index contributed by atoms with van der Waals surface area (Å²) in [7, 11) is 0. The lowest BCUT2D eigenvalue weighted by molar-refractivity contribution is 0.149. The average molecular weight is 347 g/mol. The Labute approximate surface area is 152 Å². The van der Waals surface area contributed by atoms with Crippen LogP contribution in [-0.4, -0.2) is 48.9 Å². The quantitative estimate of drug-likeness (QED) is 0.759. The van der Waals surface area contributed by atoms with Gasteiger partial charge in [0, 0.05) is 25.7 Å². The van der Waals surface area contributed by atoms with E-state index in [-0.39, 0.29) is 6.61 Å². The standard InChI is InChI=1S/C21H34N2O2/c24-12-13-25-21-10-4-8-19(14-21)15-22-20-9-5-11-23(17-20)16-18-6-2-1-3-7-18/h4,8,10,14,18,20,22,24H,1-3,5-7,9,11-13,15-17H2/t20-/m0/s1. The predicted molar refractivity (Wildman–Crippen MR) is 102 cm³/mol. The van der Waals surface area contributed by atoms with E-state index in [2.05, 4.69) is 22.3 Å². The SMILES string of the molecule is OCCOc1cccc(CN[C@H]2CCCN(CC3CCCCC3)C2)c1. The Morgan fingerprint density at radius 1 is 1.12 bits per heavy atom. The van der Waals surface area contributed by atoms with Gasteiger partial charge in [-0.1, -0.05) is 31.4 Å². The molecule has 0 aromatic heterocycles. The molecule has 2 aliphatic rings. The van der Waals surface area contributed by atoms with Crippen LogP contribution in [0.1, 0.15) is 50.5 Å². The molecule has 1 atom stereocenters. The molecule has 2 N–H and O–H groups in total. The smallest absolute Gasteiger partial charge is 0.119 e. The van der Waals surface area contributed by atoms with Crippen LogP contribution < -0.4 is 10.1 Å². The van der Waals surface area contributed by atoms with Gasteiger partial charge < -0.3 is 20.1 Å². The van der Waals surface area contributed by atoms with Crippen molar-refractivity contribution in [2.24, 2.45) is 5.92 Å². The number of aliphatic hydroxyl groups is 1. The number of aliphatic hydroxyl groups excluding tert-OH is 1. The van der Waals surface area contributed by atoms with Crippen molar-refractivity contribution in [3.63, 3.8) is 0 Å². The fourth-order valence-electron chi connectivity index (χ4n) is 4.29. The van der Waals surface area contributed by atoms with E-state index in [4.69, 9.17) is 9.84 Å². The van der Waals surface area contributed by atoms with Crippen LogP contribution in [0.25, 0.3) is 0 Å². The van der Waals surface area contributed by atoms with E-state index in [1.807, 2.05) is 12.1 Å². The van der Waals surface area contributed by atoms with E-state index in [1.165, 1.54) is 70.1 Å². The second-order valence-corrected chi connectivity index (χ2v) is 7.70. The van der Waals surface area contributed by atoms with E-state index in [9.17, 15) is 0 Å². The van der Waals surface area contributed by atoms with Gasteiger partial charge in [0.25, 0.3) is 0 Å². The van der Waals surface area contributed by atoms with Gasteiger partial charge in [0.05, 0.1) is 6.61 Å². The molecule has 1 heterocycles. The summed E-state index contributed by atoms with van der Waals surface area (Å²) in [6.45, 7) is 5.08. The number of ether oxygens (including phenoxy) is 1. The van der Waals surface area contributed by atoms with E-state index in [0.29, 0.717) is 12.6 Å². The van der Waals surface area contributed by atoms with Crippen molar-refractivity contribution in [2.45, 2.75) is 57.5 Å². The van der Waals surface area contributed by atoms with Crippen molar-refractivity contribution in [2.75, 3.05) is 32.8 Å². The fraction of sp³-hybridized carbons (Fsp3) is 0.714. The van der Waals surface area contributed by atoms with Gasteiger partial charge in [-0.2, -0.15) is 0 Å². The Morgan fingerprint density at radius 3 is 2.84 bits per heavy atom. The van der Waals surface area contributed by atoms with Gasteiger partial charge in [-0.25, -0.2) is 0 Å². The van der Waals surface area contributed by atoms with Gasteiger partial charge >= 0.3 is 0 Å². The summed E-state index contributed by atoms with van der Waals surface area (Å²) < 4.78 is 5.50. The normalized spacial score (nSPS) is 22.8. The van der Waals surface area contributed by atoms with Crippen molar-refractivity contribution < 1.29 is 9.84 Å². The minimum Gasteiger partial charge on any atom is -0.491 e. The van der Waals surface area contributed by atoms with Gasteiger partial charge in [-0.05, 0) is 55.8 Å². The zero-order valence-corrected chi connectivity index (χ0v) is 15.5. The summed E-state index contributed by atoms with van der Waals surface area (Å²) in [6.07, 6.45) is 9.79. The number of benzene rings is 1. The van der Waals surface area contributed by atoms with Crippen LogP contribution in [0.4, 0.5) is 0 Å². The van der Waals surface area contributed by atoms with Crippen LogP contribution in [0.5, 0.6) is 5.75 Å². The second kappa shape index (κ2) is 10.1. The average Bonchev–Trinajstić information content (AvgIpc) is 2.66. The largest absolute Gasteiger partial charge is 0.491 e. The summed E-state index contributed by atoms with van der Waals surface area (Å²) in [6, 6.07) is 8.79. The minimum absolute atomic E-state index is 0.0569. The molecule has 4 heteroatoms. The second-order valence-electron chi connectivity index (χ2n) is 7.70. The highest BCUT2D eigenvalue weighted by atomic mass is 16.5. The molecule has 0 unspecified atom stereocenters. The summed E-state index contributed by atoms with van der Waals surface area (Å²) in [5.41, 5.74) is 1.25. The third-order valence-electron chi connectivity index (χ3n) is 5.60. The van der Waals surface area contributed by atoms with E-state index < -0.39 is 0 Å². The lowest BCUT2D eigenvalue weighted by Gasteiger charge is -2.36. The van der Waals surface area contributed by atoms with Gasteiger partial charge in [-0.15, -0.1) is 0 Å². The lowest BCUT2D eigenvalue weighted by Crippen LogP contribution is -2.47. The molecule has 4 nitrogen and oxygen atoms in total. The number of nitrogens with zero attached hydrogens (tertiary/aromatic N) is 1. The molecule has 1 aromatic rings. The maximum atomic E-state index is 8.87. The van der Waals surface area contributed by atoms with Crippen LogP contribution in [0.15, 0.2) is 24.3 Å². The third-order valence-corrected chi connectivity index (χ3v) is 5.60. The van der Waals surface area contributed by atoms with Crippen molar-refractivity contribution >= 4 is 0 Å². The molecule has 3 rings (SSSR count). The topological polar surface area (TPSA) is 44.7 Å². The highest BCUT2D eigenvalue weighted by molar-refractivity contribution is 5.28. The fourth-order valence-corrected chi connectivity index (χ4v) is 4.29. The monoisotopic (exact) mass is 346 g/mol. The predicted octanol–water partition coefficient (Wildman–Crippen LogP) is 3.19. The number of hydrogen-bond donors (Lipinski definition) is 2. The van der Waals surface area contributed by atoms with Crippen molar-refractivity contribution in [3.8, 4) is 5.75 Å². The number of likely N-dealkylation sites (tertiary alicyclic amines) is 1. The molecule has 0 amide bonds. The first-order chi connectivity index (χ1) is 12.3. The molecule has 25 heavy (non-hydrogen) atoms. The van der Waals surface area contributed by atoms with Crippen molar-refractivity contribution in [1.82, 2.24) is 10.2 Å². The third kappa shape index (κ3) is 6.28. The minimum atomic E-state index is 0.0569. The molecule has 2 fully saturated rings. The van der Waals surface area contributed by atoms with Crippen LogP contribution in [-0.2, 0) is 6.54 Å². The number of rotatable bonds is 8. The van der Waals surface area contributed by atoms with Gasteiger partial charge in [0.1, 0.15) is 12.4 Å². The summed E-state index contributed by atoms with van der Waals surface area (Å²) in [4.78, 5) is 2.69. The molecule has 1 aromatic carbocycles. The first-order valence-corrected chi connectivity index (χ1v) is 10.1. The number of piperidine rings is 1. The van der Waals surface area contributed by atoms with Gasteiger partial charge in [0.2, 0.25) is 0 Å². The summed E-state index contributed by atoms with van der Waals surface area (Å²) >= 11 is 0. The zero-order valence-electron chi connectivity index (χ0n) is 15.5. The molecule has 1 saturated carbocycles. The molecular formula is C21H34N2O2. The maximum Gasteiger partial charge on any atom is 0.119 e. The Bertz CT molecular complexity index is 502. The van der Waals surface area contributed by atoms with Crippen molar-refractivity contribution in [3.05, 3.63) is 29.8 Å². The number of nitrogens with one attached hydrogen (secondary N) is 1. The van der Waals surface area contributed by atoms with Crippen LogP contribution in [0, 0.1) is 5.92 Å². The van der Waals surface area contributed by atoms with Gasteiger partial charge in [-0.3, -0.25) is 0 Å². The summed E-state index contributed by atoms with van der Waals surface area (Å²) in [5.74, 6) is 1.78. The van der Waals surface area contributed by atoms with Crippen molar-refractivity contribution in [1.29, 1.82) is 0 Å². The summed E-state index contributed by atoms with van der Waals surface area (Å²) in [5, 5.41) is 12.6. The molecule has 140 valence electrons. The molecule has 1 saturated heterocycles. The molecule has 1 aliphatic carbocycles. The first-order valence-electron chi connectivity index (χ1n) is 10.1. The van der Waals surface area contributed by atoms with Gasteiger partial charge in [0.15, 0.2) is 0 Å². The molecule has 0 spiro atoms. The van der Waals surface area contributed by atoms with E-state index in [0.717, 1.165) is 18.2 Å². The molecular weight excluding hydrogens is 312 g/mol. The van der Waals surface area contributed by atoms with E-state index in [1.54, 1.807) is 0 Å². The van der Waals surface area contributed by atoms with Crippen LogP contribution >= 0.6 is 0 Å². The van der Waals surface area contributed by atoms with Crippen LogP contribution in [0.2, 0.25) is 0 Å². The Hall–Kier alpha value is -1.10. The zero-order chi connectivity index (χ0) is 17.3. The Kier molecular flexibility index (Phi) is 7.58. The van der Waals surface area contributed by atoms with E-state index >= 15 is 0 Å². The Morgan fingerprint density at radius 2 is 2.00 bits per heavy atom. The van der Waals surface area contributed by atoms with Crippen LogP contribution in [0.3, 0.4) is 0 Å². The highest BCUT2D eigenvalue weighted by Crippen LogP contribution is 2.25. The highest BCUT2D eigenvalue weighted by Gasteiger charge is 2.23. The number of hydrogen-bond acceptors (Lipinski definition) is 4. The first kappa shape index (κ1) is 18.7. The maximum absolute atomic E-state index is 8.87. The lowest BCUT2D eigenvalue weighted by atomic mass is 9.88. The molecule has 1 aliphatic heterocycles. The Balaban J connectivity index is 1.43. The molecule has 0 bridgehead atoms.